The first-order chi connectivity index (χ1) is 10.6. The Hall–Kier alpha value is -2.30. The smallest absolute Gasteiger partial charge is 0.242 e. The second kappa shape index (κ2) is 7.64. The number of hydrogen-bond donors (Lipinski definition) is 2. The number of nitrogen functional groups attached to an aromatic ring is 1. The molecule has 2 rings (SSSR count). The van der Waals surface area contributed by atoms with Crippen molar-refractivity contribution in [1.29, 1.82) is 0 Å². The zero-order chi connectivity index (χ0) is 15.9. The average Bonchev–Trinajstić information content (AvgIpc) is 2.50. The van der Waals surface area contributed by atoms with Crippen molar-refractivity contribution in [1.82, 2.24) is 9.97 Å². The van der Waals surface area contributed by atoms with Crippen molar-refractivity contribution in [2.24, 2.45) is 5.92 Å². The summed E-state index contributed by atoms with van der Waals surface area (Å²) < 4.78 is 5.26. The van der Waals surface area contributed by atoms with E-state index in [1.165, 1.54) is 5.56 Å². The molecule has 5 nitrogen and oxygen atoms in total. The minimum Gasteiger partial charge on any atom is -0.479 e. The lowest BCUT2D eigenvalue weighted by atomic mass is 10.1. The number of ether oxygens (including phenoxy) is 1. The van der Waals surface area contributed by atoms with Gasteiger partial charge in [-0.2, -0.15) is 4.98 Å². The Morgan fingerprint density at radius 3 is 2.55 bits per heavy atom. The summed E-state index contributed by atoms with van der Waals surface area (Å²) in [5.74, 6) is 2.32. The van der Waals surface area contributed by atoms with Gasteiger partial charge in [-0.1, -0.05) is 44.2 Å². The van der Waals surface area contributed by atoms with Crippen molar-refractivity contribution in [2.45, 2.75) is 26.7 Å². The third kappa shape index (κ3) is 4.35. The van der Waals surface area contributed by atoms with E-state index in [0.29, 0.717) is 23.3 Å². The topological polar surface area (TPSA) is 73.1 Å². The van der Waals surface area contributed by atoms with E-state index in [1.54, 1.807) is 7.11 Å². The number of anilines is 2. The number of nitrogens with two attached hydrogens (primary N) is 1. The maximum Gasteiger partial charge on any atom is 0.242 e. The largest absolute Gasteiger partial charge is 0.479 e. The first-order valence-corrected chi connectivity index (χ1v) is 7.58. The van der Waals surface area contributed by atoms with Gasteiger partial charge in [0.05, 0.1) is 7.11 Å². The minimum atomic E-state index is 0.438. The molecule has 0 aliphatic rings. The van der Waals surface area contributed by atoms with Gasteiger partial charge in [0, 0.05) is 13.0 Å². The summed E-state index contributed by atoms with van der Waals surface area (Å²) in [5, 5.41) is 3.29. The van der Waals surface area contributed by atoms with E-state index in [1.807, 2.05) is 18.2 Å². The van der Waals surface area contributed by atoms with E-state index >= 15 is 0 Å². The summed E-state index contributed by atoms with van der Waals surface area (Å²) in [4.78, 5) is 8.88. The summed E-state index contributed by atoms with van der Waals surface area (Å²) in [7, 11) is 1.57. The average molecular weight is 300 g/mol. The lowest BCUT2D eigenvalue weighted by Crippen LogP contribution is -2.13. The quantitative estimate of drug-likeness (QED) is 0.822. The Balaban J connectivity index is 2.08. The van der Waals surface area contributed by atoms with Crippen LogP contribution in [0, 0.1) is 5.92 Å². The molecule has 0 fully saturated rings. The Morgan fingerprint density at radius 2 is 1.91 bits per heavy atom. The van der Waals surface area contributed by atoms with Crippen molar-refractivity contribution in [3.8, 4) is 5.88 Å². The van der Waals surface area contributed by atoms with E-state index in [-0.39, 0.29) is 0 Å². The summed E-state index contributed by atoms with van der Waals surface area (Å²) in [5.41, 5.74) is 7.80. The molecule has 0 radical (unpaired) electrons. The fraction of sp³-hybridized carbons (Fsp3) is 0.412. The number of methoxy groups -OCH3 is 1. The second-order valence-corrected chi connectivity index (χ2v) is 5.67. The predicted molar refractivity (Wildman–Crippen MR) is 90.2 cm³/mol. The molecule has 2 aromatic rings. The highest BCUT2D eigenvalue weighted by Crippen LogP contribution is 2.26. The molecule has 0 atom stereocenters. The summed E-state index contributed by atoms with van der Waals surface area (Å²) in [6, 6.07) is 10.3. The summed E-state index contributed by atoms with van der Waals surface area (Å²) >= 11 is 0. The van der Waals surface area contributed by atoms with Gasteiger partial charge in [0.25, 0.3) is 0 Å². The van der Waals surface area contributed by atoms with Crippen LogP contribution in [0.4, 0.5) is 11.5 Å². The zero-order valence-corrected chi connectivity index (χ0v) is 13.5. The molecule has 0 saturated carbocycles. The van der Waals surface area contributed by atoms with Crippen LogP contribution in [-0.2, 0) is 12.8 Å². The summed E-state index contributed by atoms with van der Waals surface area (Å²) in [6.07, 6.45) is 1.70. The molecular weight excluding hydrogens is 276 g/mol. The molecule has 118 valence electrons. The second-order valence-electron chi connectivity index (χ2n) is 5.67. The van der Waals surface area contributed by atoms with Crippen LogP contribution in [-0.4, -0.2) is 23.6 Å². The SMILES string of the molecule is COc1nc(CC(C)C)nc(NCCc2ccccc2)c1N. The standard InChI is InChI=1S/C17H24N4O/c1-12(2)11-14-20-16(15(18)17(21-14)22-3)19-10-9-13-7-5-4-6-8-13/h4-8,12H,9-11,18H2,1-3H3,(H,19,20,21). The van der Waals surface area contributed by atoms with Crippen LogP contribution in [0.2, 0.25) is 0 Å². The van der Waals surface area contributed by atoms with Crippen LogP contribution in [0.5, 0.6) is 5.88 Å². The highest BCUT2D eigenvalue weighted by Gasteiger charge is 2.13. The van der Waals surface area contributed by atoms with Gasteiger partial charge < -0.3 is 15.8 Å². The van der Waals surface area contributed by atoms with Gasteiger partial charge >= 0.3 is 0 Å². The van der Waals surface area contributed by atoms with Gasteiger partial charge in [-0.05, 0) is 17.9 Å². The third-order valence-corrected chi connectivity index (χ3v) is 3.29. The molecule has 5 heteroatoms. The number of rotatable bonds is 7. The number of nitrogens with zero attached hydrogens (tertiary/aromatic N) is 2. The number of hydrogen-bond acceptors (Lipinski definition) is 5. The number of benzene rings is 1. The third-order valence-electron chi connectivity index (χ3n) is 3.29. The lowest BCUT2D eigenvalue weighted by molar-refractivity contribution is 0.396. The number of nitrogens with one attached hydrogen (secondary N) is 1. The van der Waals surface area contributed by atoms with Gasteiger partial charge in [-0.15, -0.1) is 0 Å². The van der Waals surface area contributed by atoms with E-state index in [4.69, 9.17) is 10.5 Å². The Bertz CT molecular complexity index is 599. The molecule has 0 amide bonds. The van der Waals surface area contributed by atoms with Crippen molar-refractivity contribution in [3.05, 3.63) is 41.7 Å². The Kier molecular flexibility index (Phi) is 5.58. The molecular formula is C17H24N4O. The maximum atomic E-state index is 6.06. The molecule has 0 bridgehead atoms. The number of aromatic nitrogens is 2. The normalized spacial score (nSPS) is 10.7. The van der Waals surface area contributed by atoms with Gasteiger partial charge in [0.1, 0.15) is 11.5 Å². The first-order valence-electron chi connectivity index (χ1n) is 7.58. The van der Waals surface area contributed by atoms with Crippen molar-refractivity contribution < 1.29 is 4.74 Å². The predicted octanol–water partition coefficient (Wildman–Crippen LogP) is 2.92. The van der Waals surface area contributed by atoms with Crippen LogP contribution in [0.15, 0.2) is 30.3 Å². The lowest BCUT2D eigenvalue weighted by Gasteiger charge is -2.13. The maximum absolute atomic E-state index is 6.06. The van der Waals surface area contributed by atoms with Gasteiger partial charge in [-0.3, -0.25) is 0 Å². The van der Waals surface area contributed by atoms with Gasteiger partial charge in [0.15, 0.2) is 5.82 Å². The molecule has 0 aliphatic heterocycles. The molecule has 22 heavy (non-hydrogen) atoms. The molecule has 3 N–H and O–H groups in total. The van der Waals surface area contributed by atoms with Gasteiger partial charge in [-0.25, -0.2) is 4.98 Å². The zero-order valence-electron chi connectivity index (χ0n) is 13.5. The molecule has 0 saturated heterocycles. The molecule has 0 unspecified atom stereocenters. The van der Waals surface area contributed by atoms with Crippen LogP contribution in [0.25, 0.3) is 0 Å². The molecule has 0 spiro atoms. The van der Waals surface area contributed by atoms with Crippen molar-refractivity contribution >= 4 is 11.5 Å². The summed E-state index contributed by atoms with van der Waals surface area (Å²) in [6.45, 7) is 5.03. The van der Waals surface area contributed by atoms with Crippen molar-refractivity contribution in [3.63, 3.8) is 0 Å². The van der Waals surface area contributed by atoms with E-state index in [9.17, 15) is 0 Å². The van der Waals surface area contributed by atoms with Crippen LogP contribution in [0.3, 0.4) is 0 Å². The fourth-order valence-corrected chi connectivity index (χ4v) is 2.21. The van der Waals surface area contributed by atoms with E-state index < -0.39 is 0 Å². The monoisotopic (exact) mass is 300 g/mol. The van der Waals surface area contributed by atoms with Crippen LogP contribution >= 0.6 is 0 Å². The minimum absolute atomic E-state index is 0.438. The molecule has 1 aromatic carbocycles. The van der Waals surface area contributed by atoms with Crippen LogP contribution in [0.1, 0.15) is 25.2 Å². The van der Waals surface area contributed by atoms with Crippen molar-refractivity contribution in [2.75, 3.05) is 24.7 Å². The van der Waals surface area contributed by atoms with Gasteiger partial charge in [0.2, 0.25) is 5.88 Å². The Morgan fingerprint density at radius 1 is 1.18 bits per heavy atom. The highest BCUT2D eigenvalue weighted by atomic mass is 16.5. The molecule has 1 heterocycles. The first kappa shape index (κ1) is 16.1. The van der Waals surface area contributed by atoms with Crippen LogP contribution < -0.4 is 15.8 Å². The van der Waals surface area contributed by atoms with E-state index in [0.717, 1.165) is 25.2 Å². The van der Waals surface area contributed by atoms with E-state index in [2.05, 4.69) is 41.3 Å². The molecule has 1 aromatic heterocycles. The molecule has 0 aliphatic carbocycles. The Labute approximate surface area is 131 Å². The highest BCUT2D eigenvalue weighted by molar-refractivity contribution is 5.66. The fourth-order valence-electron chi connectivity index (χ4n) is 2.21.